The molecule has 0 aliphatic carbocycles. The Morgan fingerprint density at radius 1 is 0.675 bits per heavy atom. The normalized spacial score (nSPS) is 19.7. The van der Waals surface area contributed by atoms with E-state index in [1.807, 2.05) is 0 Å². The molecule has 3 heterocycles. The highest BCUT2D eigenvalue weighted by molar-refractivity contribution is 6.84. The minimum absolute atomic E-state index is 0.0106. The number of hydrogen-bond donors (Lipinski definition) is 3. The van der Waals surface area contributed by atoms with Crippen molar-refractivity contribution in [3.8, 4) is 0 Å². The smallest absolute Gasteiger partial charge is 0.410 e. The molecule has 5 amide bonds. The third-order valence-electron chi connectivity index (χ3n) is 13.8. The quantitative estimate of drug-likeness (QED) is 0.0504. The number of hydrogen-bond acceptors (Lipinski definition) is 15. The highest BCUT2D eigenvalue weighted by Crippen LogP contribution is 2.49. The zero-order chi connectivity index (χ0) is 62.6. The summed E-state index contributed by atoms with van der Waals surface area (Å²) >= 11 is 0. The summed E-state index contributed by atoms with van der Waals surface area (Å²) in [4.78, 5) is 74.8. The van der Waals surface area contributed by atoms with Gasteiger partial charge in [0.1, 0.15) is 58.1 Å². The first kappa shape index (κ1) is 70.8. The van der Waals surface area contributed by atoms with Gasteiger partial charge in [0.05, 0.1) is 18.5 Å². The van der Waals surface area contributed by atoms with E-state index in [2.05, 4.69) is 76.3 Å². The van der Waals surface area contributed by atoms with Crippen LogP contribution in [0.4, 0.5) is 28.0 Å². The van der Waals surface area contributed by atoms with E-state index >= 15 is 4.39 Å². The molecule has 0 saturated carbocycles. The van der Waals surface area contributed by atoms with Crippen LogP contribution in [0.3, 0.4) is 0 Å². The van der Waals surface area contributed by atoms with Gasteiger partial charge >= 0.3 is 41.5 Å². The first-order valence-electron chi connectivity index (χ1n) is 29.6. The minimum Gasteiger partial charge on any atom is -0.444 e. The summed E-state index contributed by atoms with van der Waals surface area (Å²) in [6.45, 7) is 38.7. The molecule has 1 unspecified atom stereocenters. The molecular weight excluding hydrogens is 1110 g/mol. The number of carbonyl (C=O) groups excluding carboxylic acids is 5. The number of imidazole rings is 1. The molecule has 0 bridgehead atoms. The van der Waals surface area contributed by atoms with E-state index in [1.54, 1.807) is 87.7 Å². The predicted octanol–water partition coefficient (Wildman–Crippen LogP) is 11.5. The van der Waals surface area contributed by atoms with Crippen molar-refractivity contribution in [1.82, 2.24) is 35.3 Å². The predicted molar refractivity (Wildman–Crippen MR) is 316 cm³/mol. The fourth-order valence-electron chi connectivity index (χ4n) is 10.2. The third kappa shape index (κ3) is 20.8. The molecule has 1 aromatic carbocycles. The van der Waals surface area contributed by atoms with Gasteiger partial charge < -0.3 is 66.8 Å². The lowest BCUT2D eigenvalue weighted by Gasteiger charge is -2.51. The van der Waals surface area contributed by atoms with Crippen molar-refractivity contribution < 1.29 is 74.1 Å². The number of benzene rings is 1. The summed E-state index contributed by atoms with van der Waals surface area (Å²) in [7, 11) is -6.24. The fourth-order valence-corrected chi connectivity index (χ4v) is 21.4. The molecule has 21 nitrogen and oxygen atoms in total. The summed E-state index contributed by atoms with van der Waals surface area (Å²) in [5.74, 6) is -2.13. The summed E-state index contributed by atoms with van der Waals surface area (Å²) in [5, 5.41) is 8.45. The molecule has 2 fully saturated rings. The molecular formula is C58H101F2N7O14Si2. The Balaban J connectivity index is 1.66. The third-order valence-corrected chi connectivity index (χ3v) is 24.0. The maximum absolute atomic E-state index is 15.2. The number of rotatable bonds is 24. The Labute approximate surface area is 494 Å². The average Bonchev–Trinajstić information content (AvgIpc) is 2.89. The second-order valence-electron chi connectivity index (χ2n) is 26.9. The van der Waals surface area contributed by atoms with Gasteiger partial charge in [-0.15, -0.1) is 0 Å². The molecule has 2 aliphatic rings. The van der Waals surface area contributed by atoms with Crippen molar-refractivity contribution in [3.05, 3.63) is 30.1 Å². The van der Waals surface area contributed by atoms with E-state index in [4.69, 9.17) is 41.4 Å². The monoisotopic (exact) mass is 1210 g/mol. The van der Waals surface area contributed by atoms with Crippen molar-refractivity contribution >= 4 is 58.4 Å². The molecule has 83 heavy (non-hydrogen) atoms. The standard InChI is InChI=1S/C58H101F2N7O14Si2/c1-37(2)82(38(3)4)74-35-45-47(80-83(81-82,39(5)6)40(7)8)48(50(75-45)67-36-64-46-42(60)33-41(59)34-44(46)67)73-32-24-28-61-49(68)43(66(54(72)79-58(18,19)20)31-23-27-63-52(70)77-56(12,13)14)25-21-29-65(53(71)78-57(15,16)17)30-22-26-62-51(69)76-55(9,10)11/h33-34,36-40,43,45,47-48,50H,21-32,35H2,1-20H3,(H,61,68)(H,62,69)(H,63,70)/t43?,45-,47-,48-,50-/m1/s1. The summed E-state index contributed by atoms with van der Waals surface area (Å²) in [5.41, 5.74) is -3.05. The maximum atomic E-state index is 15.2. The summed E-state index contributed by atoms with van der Waals surface area (Å²) in [6, 6.07) is 0.852. The van der Waals surface area contributed by atoms with Crippen molar-refractivity contribution in [1.29, 1.82) is 0 Å². The van der Waals surface area contributed by atoms with Crippen molar-refractivity contribution in [2.45, 2.75) is 246 Å². The van der Waals surface area contributed by atoms with E-state index in [9.17, 15) is 28.4 Å². The topological polar surface area (TPSA) is 229 Å². The van der Waals surface area contributed by atoms with Crippen molar-refractivity contribution in [2.24, 2.45) is 0 Å². The summed E-state index contributed by atoms with van der Waals surface area (Å²) < 4.78 is 89.9. The molecule has 3 N–H and O–H groups in total. The van der Waals surface area contributed by atoms with E-state index in [0.717, 1.165) is 6.07 Å². The highest BCUT2D eigenvalue weighted by atomic mass is 28.5. The number of amides is 5. The van der Waals surface area contributed by atoms with Crippen molar-refractivity contribution in [3.63, 3.8) is 0 Å². The highest BCUT2D eigenvalue weighted by Gasteiger charge is 2.62. The number of ether oxygens (including phenoxy) is 6. The van der Waals surface area contributed by atoms with Gasteiger partial charge in [0.15, 0.2) is 12.0 Å². The van der Waals surface area contributed by atoms with E-state index in [0.29, 0.717) is 6.42 Å². The minimum atomic E-state index is -3.24. The first-order chi connectivity index (χ1) is 38.3. The zero-order valence-corrected chi connectivity index (χ0v) is 55.4. The van der Waals surface area contributed by atoms with E-state index < -0.39 is 112 Å². The number of halogens is 2. The fraction of sp³-hybridized carbons (Fsp3) is 0.793. The van der Waals surface area contributed by atoms with Crippen LogP contribution in [0.25, 0.3) is 11.0 Å². The van der Waals surface area contributed by atoms with Crippen LogP contribution in [-0.2, 0) is 46.2 Å². The molecule has 4 rings (SSSR count). The van der Waals surface area contributed by atoms with Gasteiger partial charge in [0.2, 0.25) is 5.91 Å². The van der Waals surface area contributed by atoms with Gasteiger partial charge in [-0.3, -0.25) is 9.69 Å². The van der Waals surface area contributed by atoms with Crippen molar-refractivity contribution in [2.75, 3.05) is 52.5 Å². The molecule has 1 aromatic heterocycles. The van der Waals surface area contributed by atoms with Gasteiger partial charge in [-0.1, -0.05) is 55.4 Å². The van der Waals surface area contributed by atoms with Crippen LogP contribution in [0.15, 0.2) is 18.5 Å². The SMILES string of the molecule is CC(C)[Si]1(C(C)C)OC[C@H]2O[C@@H](n3cnc4c(F)cc(F)cc43)[C@H](OCCCNC(=O)C(CCCN(CCCNC(=O)OC(C)(C)C)C(=O)OC(C)(C)C)N(CCCNC(=O)OC(C)(C)C)C(=O)OC(C)(C)C)[C@@H]2O[Si](C(C)C)(C(C)C)O1. The Morgan fingerprint density at radius 3 is 1.71 bits per heavy atom. The molecule has 0 radical (unpaired) electrons. The number of alkyl carbamates (subject to hydrolysis) is 2. The molecule has 2 saturated heterocycles. The van der Waals surface area contributed by atoms with E-state index in [-0.39, 0.29) is 111 Å². The number of nitrogens with zero attached hydrogens (tertiary/aromatic N) is 4. The van der Waals surface area contributed by atoms with Gasteiger partial charge in [-0.05, 0) is 137 Å². The molecule has 2 aliphatic heterocycles. The number of fused-ring (bicyclic) bond motifs is 2. The van der Waals surface area contributed by atoms with Crippen LogP contribution in [0.5, 0.6) is 0 Å². The number of carbonyl (C=O) groups is 5. The van der Waals surface area contributed by atoms with Crippen LogP contribution < -0.4 is 16.0 Å². The van der Waals surface area contributed by atoms with Gasteiger partial charge in [0, 0.05) is 58.0 Å². The second kappa shape index (κ2) is 29.6. The largest absolute Gasteiger partial charge is 0.444 e. The molecule has 0 spiro atoms. The van der Waals surface area contributed by atoms with Crippen LogP contribution in [0.2, 0.25) is 22.2 Å². The first-order valence-corrected chi connectivity index (χ1v) is 33.5. The molecule has 25 heteroatoms. The van der Waals surface area contributed by atoms with E-state index in [1.165, 1.54) is 22.2 Å². The number of aromatic nitrogens is 2. The summed E-state index contributed by atoms with van der Waals surface area (Å²) in [6.07, 6.45) is -3.37. The van der Waals surface area contributed by atoms with Crippen LogP contribution >= 0.6 is 0 Å². The average molecular weight is 1210 g/mol. The van der Waals surface area contributed by atoms with Crippen LogP contribution in [-0.4, -0.2) is 166 Å². The lowest BCUT2D eigenvalue weighted by molar-refractivity contribution is -0.127. The maximum Gasteiger partial charge on any atom is 0.410 e. The van der Waals surface area contributed by atoms with Crippen LogP contribution in [0.1, 0.15) is 177 Å². The lowest BCUT2D eigenvalue weighted by atomic mass is 10.1. The Kier molecular flexibility index (Phi) is 25.3. The molecule has 5 atom stereocenters. The van der Waals surface area contributed by atoms with Gasteiger partial charge in [-0.25, -0.2) is 32.9 Å². The number of nitrogens with one attached hydrogen (secondary N) is 3. The Morgan fingerprint density at radius 2 is 1.18 bits per heavy atom. The Bertz CT molecular complexity index is 2440. The Hall–Kier alpha value is -4.67. The van der Waals surface area contributed by atoms with Crippen LogP contribution in [0, 0.1) is 11.6 Å². The second-order valence-corrected chi connectivity index (χ2v) is 35.7. The lowest BCUT2D eigenvalue weighted by Crippen LogP contribution is -2.66. The molecule has 474 valence electrons. The zero-order valence-electron chi connectivity index (χ0n) is 53.4. The van der Waals surface area contributed by atoms with Gasteiger partial charge in [0.25, 0.3) is 0 Å². The molecule has 2 aromatic rings. The van der Waals surface area contributed by atoms with Gasteiger partial charge in [-0.2, -0.15) is 0 Å².